The van der Waals surface area contributed by atoms with Crippen LogP contribution in [0, 0.1) is 0 Å². The van der Waals surface area contributed by atoms with Crippen LogP contribution in [0.1, 0.15) is 53.4 Å². The van der Waals surface area contributed by atoms with Gasteiger partial charge in [0.15, 0.2) is 0 Å². The number of hydrogen-bond acceptors (Lipinski definition) is 3. The van der Waals surface area contributed by atoms with Crippen molar-refractivity contribution in [3.8, 4) is 0 Å². The maximum atomic E-state index is 5.23. The van der Waals surface area contributed by atoms with Crippen molar-refractivity contribution < 1.29 is 4.74 Å². The summed E-state index contributed by atoms with van der Waals surface area (Å²) in [7, 11) is 1.79. The predicted molar refractivity (Wildman–Crippen MR) is 80.2 cm³/mol. The van der Waals surface area contributed by atoms with Crippen molar-refractivity contribution in [3.05, 3.63) is 0 Å². The van der Waals surface area contributed by atoms with E-state index in [1.165, 1.54) is 25.7 Å². The molecule has 0 bridgehead atoms. The summed E-state index contributed by atoms with van der Waals surface area (Å²) in [6.07, 6.45) is 4.93. The lowest BCUT2D eigenvalue weighted by atomic mass is 9.99. The molecule has 1 N–H and O–H groups in total. The molecule has 0 radical (unpaired) electrons. The van der Waals surface area contributed by atoms with Crippen molar-refractivity contribution in [3.63, 3.8) is 0 Å². The van der Waals surface area contributed by atoms with Gasteiger partial charge in [0.1, 0.15) is 0 Å². The Morgan fingerprint density at radius 2 is 1.83 bits per heavy atom. The molecule has 0 saturated heterocycles. The van der Waals surface area contributed by atoms with Gasteiger partial charge in [0.05, 0.1) is 6.61 Å². The van der Waals surface area contributed by atoms with Gasteiger partial charge in [-0.15, -0.1) is 0 Å². The molecule has 2 atom stereocenters. The molecule has 0 spiro atoms. The molecule has 18 heavy (non-hydrogen) atoms. The van der Waals surface area contributed by atoms with Gasteiger partial charge in [-0.3, -0.25) is 4.90 Å². The number of methoxy groups -OCH3 is 1. The molecule has 2 unspecified atom stereocenters. The van der Waals surface area contributed by atoms with Crippen molar-refractivity contribution in [2.24, 2.45) is 0 Å². The minimum Gasteiger partial charge on any atom is -0.383 e. The summed E-state index contributed by atoms with van der Waals surface area (Å²) < 4.78 is 5.23. The van der Waals surface area contributed by atoms with E-state index >= 15 is 0 Å². The van der Waals surface area contributed by atoms with E-state index in [0.29, 0.717) is 12.1 Å². The molecule has 0 saturated carbocycles. The molecule has 3 nitrogen and oxygen atoms in total. The SMILES string of the molecule is CCCNC(CCC)C(CC)N(CC)CCOC. The number of hydrogen-bond donors (Lipinski definition) is 1. The summed E-state index contributed by atoms with van der Waals surface area (Å²) in [4.78, 5) is 2.56. The number of rotatable bonds is 12. The first-order chi connectivity index (χ1) is 8.74. The second-order valence-corrected chi connectivity index (χ2v) is 4.95. The molecule has 0 aliphatic rings. The van der Waals surface area contributed by atoms with Crippen molar-refractivity contribution in [1.29, 1.82) is 0 Å². The van der Waals surface area contributed by atoms with E-state index in [4.69, 9.17) is 4.74 Å². The molecule has 0 aliphatic heterocycles. The van der Waals surface area contributed by atoms with Crippen LogP contribution in [0.5, 0.6) is 0 Å². The molecule has 0 aliphatic carbocycles. The topological polar surface area (TPSA) is 24.5 Å². The van der Waals surface area contributed by atoms with E-state index in [9.17, 15) is 0 Å². The fraction of sp³-hybridized carbons (Fsp3) is 1.00. The van der Waals surface area contributed by atoms with Crippen molar-refractivity contribution in [1.82, 2.24) is 10.2 Å². The Morgan fingerprint density at radius 1 is 1.11 bits per heavy atom. The molecule has 0 aromatic carbocycles. The van der Waals surface area contributed by atoms with Crippen LogP contribution in [0.4, 0.5) is 0 Å². The molecule has 0 rings (SSSR count). The van der Waals surface area contributed by atoms with Gasteiger partial charge in [-0.05, 0) is 32.4 Å². The Hall–Kier alpha value is -0.120. The number of nitrogens with one attached hydrogen (secondary N) is 1. The Balaban J connectivity index is 4.50. The van der Waals surface area contributed by atoms with Gasteiger partial charge in [-0.25, -0.2) is 0 Å². The summed E-state index contributed by atoms with van der Waals surface area (Å²) in [5.41, 5.74) is 0. The second-order valence-electron chi connectivity index (χ2n) is 4.95. The van der Waals surface area contributed by atoms with Crippen molar-refractivity contribution >= 4 is 0 Å². The van der Waals surface area contributed by atoms with Crippen LogP contribution in [0.25, 0.3) is 0 Å². The Labute approximate surface area is 114 Å². The lowest BCUT2D eigenvalue weighted by Crippen LogP contribution is -2.50. The highest BCUT2D eigenvalue weighted by molar-refractivity contribution is 4.83. The van der Waals surface area contributed by atoms with E-state index in [1.54, 1.807) is 7.11 Å². The first kappa shape index (κ1) is 17.9. The fourth-order valence-corrected chi connectivity index (χ4v) is 2.64. The molecule has 110 valence electrons. The van der Waals surface area contributed by atoms with Gasteiger partial charge < -0.3 is 10.1 Å². The average molecular weight is 258 g/mol. The van der Waals surface area contributed by atoms with E-state index in [1.807, 2.05) is 0 Å². The van der Waals surface area contributed by atoms with E-state index in [2.05, 4.69) is 37.9 Å². The summed E-state index contributed by atoms with van der Waals surface area (Å²) >= 11 is 0. The monoisotopic (exact) mass is 258 g/mol. The lowest BCUT2D eigenvalue weighted by Gasteiger charge is -2.36. The normalized spacial score (nSPS) is 15.0. The Bertz CT molecular complexity index is 176. The number of nitrogens with zero attached hydrogens (tertiary/aromatic N) is 1. The molecule has 3 heteroatoms. The fourth-order valence-electron chi connectivity index (χ4n) is 2.64. The second kappa shape index (κ2) is 11.9. The molecular weight excluding hydrogens is 224 g/mol. The third-order valence-electron chi connectivity index (χ3n) is 3.60. The minimum atomic E-state index is 0.622. The van der Waals surface area contributed by atoms with Gasteiger partial charge in [-0.1, -0.05) is 34.1 Å². The first-order valence-corrected chi connectivity index (χ1v) is 7.71. The van der Waals surface area contributed by atoms with Crippen LogP contribution < -0.4 is 5.32 Å². The Morgan fingerprint density at radius 3 is 2.28 bits per heavy atom. The largest absolute Gasteiger partial charge is 0.383 e. The molecule has 0 fully saturated rings. The lowest BCUT2D eigenvalue weighted by molar-refractivity contribution is 0.101. The average Bonchev–Trinajstić information content (AvgIpc) is 2.40. The van der Waals surface area contributed by atoms with Gasteiger partial charge >= 0.3 is 0 Å². The maximum absolute atomic E-state index is 5.23. The standard InChI is InChI=1S/C15H34N2O/c1-6-10-14(16-11-7-2)15(8-3)17(9-4)12-13-18-5/h14-16H,6-13H2,1-5H3. The molecule has 0 aromatic rings. The van der Waals surface area contributed by atoms with Gasteiger partial charge in [0.25, 0.3) is 0 Å². The van der Waals surface area contributed by atoms with Crippen molar-refractivity contribution in [2.75, 3.05) is 33.4 Å². The zero-order chi connectivity index (χ0) is 13.8. The summed E-state index contributed by atoms with van der Waals surface area (Å²) in [6, 6.07) is 1.26. The van der Waals surface area contributed by atoms with Crippen LogP contribution in [0.15, 0.2) is 0 Å². The molecule has 0 heterocycles. The van der Waals surface area contributed by atoms with Crippen LogP contribution in [0.2, 0.25) is 0 Å². The highest BCUT2D eigenvalue weighted by atomic mass is 16.5. The zero-order valence-corrected chi connectivity index (χ0v) is 13.2. The highest BCUT2D eigenvalue weighted by Gasteiger charge is 2.23. The quantitative estimate of drug-likeness (QED) is 0.582. The minimum absolute atomic E-state index is 0.622. The summed E-state index contributed by atoms with van der Waals surface area (Å²) in [5, 5.41) is 3.73. The zero-order valence-electron chi connectivity index (χ0n) is 13.2. The van der Waals surface area contributed by atoms with Gasteiger partial charge in [0.2, 0.25) is 0 Å². The van der Waals surface area contributed by atoms with Crippen molar-refractivity contribution in [2.45, 2.75) is 65.5 Å². The van der Waals surface area contributed by atoms with Crippen LogP contribution in [-0.2, 0) is 4.74 Å². The van der Waals surface area contributed by atoms with E-state index in [-0.39, 0.29) is 0 Å². The number of likely N-dealkylation sites (N-methyl/N-ethyl adjacent to an activating group) is 1. The van der Waals surface area contributed by atoms with Crippen LogP contribution in [0.3, 0.4) is 0 Å². The van der Waals surface area contributed by atoms with Crippen LogP contribution in [-0.4, -0.2) is 50.3 Å². The third kappa shape index (κ3) is 6.72. The van der Waals surface area contributed by atoms with Gasteiger partial charge in [0, 0.05) is 25.7 Å². The summed E-state index contributed by atoms with van der Waals surface area (Å²) in [6.45, 7) is 13.2. The summed E-state index contributed by atoms with van der Waals surface area (Å²) in [5.74, 6) is 0. The molecule has 0 aromatic heterocycles. The van der Waals surface area contributed by atoms with E-state index < -0.39 is 0 Å². The van der Waals surface area contributed by atoms with E-state index in [0.717, 1.165) is 26.2 Å². The predicted octanol–water partition coefficient (Wildman–Crippen LogP) is 2.90. The smallest absolute Gasteiger partial charge is 0.0589 e. The highest BCUT2D eigenvalue weighted by Crippen LogP contribution is 2.13. The maximum Gasteiger partial charge on any atom is 0.0589 e. The number of ether oxygens (including phenoxy) is 1. The molecule has 0 amide bonds. The molecular formula is C15H34N2O. The van der Waals surface area contributed by atoms with Crippen LogP contribution >= 0.6 is 0 Å². The Kier molecular flexibility index (Phi) is 11.9. The third-order valence-corrected chi connectivity index (χ3v) is 3.60. The first-order valence-electron chi connectivity index (χ1n) is 7.71. The van der Waals surface area contributed by atoms with Gasteiger partial charge in [-0.2, -0.15) is 0 Å².